The molecule has 0 bridgehead atoms. The molecule has 0 atom stereocenters. The van der Waals surface area contributed by atoms with Crippen LogP contribution in [0.25, 0.3) is 122 Å². The average Bonchev–Trinajstić information content (AvgIpc) is 1.56. The van der Waals surface area contributed by atoms with Crippen molar-refractivity contribution in [1.29, 1.82) is 0 Å². The third-order valence-corrected chi connectivity index (χ3v) is 18.6. The van der Waals surface area contributed by atoms with Crippen molar-refractivity contribution >= 4 is 70.9 Å². The Kier molecular flexibility index (Phi) is 11.5. The second-order valence-corrected chi connectivity index (χ2v) is 27.3. The molecular formula is C79H67N5OPt. The van der Waals surface area contributed by atoms with Crippen LogP contribution in [0.3, 0.4) is 0 Å². The fourth-order valence-corrected chi connectivity index (χ4v) is 14.2. The van der Waals surface area contributed by atoms with Crippen LogP contribution in [0.2, 0.25) is 0 Å². The van der Waals surface area contributed by atoms with E-state index in [1.807, 2.05) is 12.1 Å². The first-order valence-corrected chi connectivity index (χ1v) is 30.8. The van der Waals surface area contributed by atoms with Gasteiger partial charge in [-0.1, -0.05) is 81.4 Å². The quantitative estimate of drug-likeness (QED) is 0.152. The Hall–Kier alpha value is -9.09. The van der Waals surface area contributed by atoms with Crippen LogP contribution in [0.5, 0.6) is 11.5 Å². The molecular weight excluding hydrogens is 1230 g/mol. The van der Waals surface area contributed by atoms with E-state index in [0.29, 0.717) is 22.9 Å². The number of aryl methyl sites for hydroxylation is 1. The molecule has 0 radical (unpaired) electrons. The summed E-state index contributed by atoms with van der Waals surface area (Å²) in [6.07, 6.45) is 1.74. The van der Waals surface area contributed by atoms with E-state index in [4.69, 9.17) is 13.8 Å². The van der Waals surface area contributed by atoms with E-state index >= 15 is 0 Å². The van der Waals surface area contributed by atoms with Gasteiger partial charge >= 0.3 is 346 Å². The summed E-state index contributed by atoms with van der Waals surface area (Å²) >= 11 is 2.54. The van der Waals surface area contributed by atoms with Crippen LogP contribution >= 0.6 is 0 Å². The second-order valence-electron chi connectivity index (χ2n) is 26.2. The minimum Gasteiger partial charge on any atom is -0.0579 e. The molecule has 0 N–H and O–H groups in total. The topological polar surface area (TPSA) is 41.3 Å². The van der Waals surface area contributed by atoms with Gasteiger partial charge < -0.3 is 4.40 Å². The molecule has 424 valence electrons. The SMILES string of the molecule is [2H]C([2H])([2H])c1cc(-n2c3cc(Oc4cc(-n5[c](=[Pt])n(-c6c(-c7ccccc7)cc(C(C)(C)C)cc6-c6ccccc6)c6ccccc65)cc(C(C)(C)C)c4)ccc3c3cc4c5cccc6c7ccccc7n(c4cc32)c65)ncc1-c1ccc(C(C)(C)C)cc1. The number of ether oxygens (including phenoxy) is 1. The van der Waals surface area contributed by atoms with Crippen molar-refractivity contribution in [2.75, 3.05) is 0 Å². The standard InChI is InChI=1S/C79H67N5O.Pt/c1-49-38-74(80-47-67(49)52-32-34-53(35-33-52)77(2,3)4)83-71-44-57(36-37-60(71)65-45-66-62-28-21-27-61-59-26-17-18-29-68(59)84(76(61)62)73(66)46-72(65)83)85-58-40-54(78(5,6)7)39-56(43-58)81-48-82(70-31-20-19-30-69(70)81)75-63(50-22-13-11-14-23-50)41-55(79(8,9)10)42-64(75)51-24-15-12-16-25-51;/h11-47H,1-10H3;/i1D3;. The zero-order chi connectivity index (χ0) is 61.6. The second kappa shape index (κ2) is 19.7. The molecule has 0 amide bonds. The van der Waals surface area contributed by atoms with Gasteiger partial charge in [0.1, 0.15) is 0 Å². The number of para-hydroxylation sites is 4. The minimum absolute atomic E-state index is 0.0643. The van der Waals surface area contributed by atoms with E-state index < -0.39 is 6.85 Å². The number of benzene rings is 10. The van der Waals surface area contributed by atoms with Crippen LogP contribution in [0, 0.1) is 10.7 Å². The number of rotatable bonds is 8. The fraction of sp³-hybridized carbons (Fsp3) is 0.165. The summed E-state index contributed by atoms with van der Waals surface area (Å²) in [6.45, 7) is 17.7. The Morgan fingerprint density at radius 2 is 0.942 bits per heavy atom. The number of nitrogens with zero attached hydrogens (tertiary/aromatic N) is 5. The summed E-state index contributed by atoms with van der Waals surface area (Å²) < 4.78 is 44.7. The summed E-state index contributed by atoms with van der Waals surface area (Å²) in [7, 11) is 0. The van der Waals surface area contributed by atoms with E-state index in [1.165, 1.54) is 32.8 Å². The molecule has 5 aromatic heterocycles. The maximum atomic E-state index is 9.04. The Morgan fingerprint density at radius 3 is 1.59 bits per heavy atom. The molecule has 6 nitrogen and oxygen atoms in total. The average molecular weight is 1300 g/mol. The molecule has 0 unspecified atom stereocenters. The molecule has 0 aliphatic carbocycles. The van der Waals surface area contributed by atoms with Gasteiger partial charge in [0, 0.05) is 37.4 Å². The van der Waals surface area contributed by atoms with Crippen molar-refractivity contribution in [3.05, 3.63) is 251 Å². The van der Waals surface area contributed by atoms with Gasteiger partial charge in [-0.2, -0.15) is 0 Å². The summed E-state index contributed by atoms with van der Waals surface area (Å²) in [6, 6.07) is 77.8. The smallest absolute Gasteiger partial charge is 0.0579 e. The van der Waals surface area contributed by atoms with Crippen molar-refractivity contribution in [2.24, 2.45) is 0 Å². The number of imidazole rings is 1. The first-order valence-electron chi connectivity index (χ1n) is 31.2. The molecule has 15 aromatic rings. The molecule has 10 aromatic carbocycles. The van der Waals surface area contributed by atoms with E-state index in [-0.39, 0.29) is 21.8 Å². The van der Waals surface area contributed by atoms with Gasteiger partial charge in [0.05, 0.1) is 16.6 Å². The van der Waals surface area contributed by atoms with Gasteiger partial charge in [0.25, 0.3) is 0 Å². The molecule has 7 heteroatoms. The number of aromatic nitrogens is 5. The number of pyridine rings is 1. The van der Waals surface area contributed by atoms with Gasteiger partial charge in [-0.15, -0.1) is 0 Å². The first kappa shape index (κ1) is 50.3. The van der Waals surface area contributed by atoms with Gasteiger partial charge in [0.2, 0.25) is 0 Å². The number of fused-ring (bicyclic) bond motifs is 10. The van der Waals surface area contributed by atoms with Crippen molar-refractivity contribution in [3.8, 4) is 62.1 Å². The number of hydrogen-bond donors (Lipinski definition) is 0. The Bertz CT molecular complexity index is 5340. The monoisotopic (exact) mass is 1300 g/mol. The van der Waals surface area contributed by atoms with E-state index in [9.17, 15) is 0 Å². The van der Waals surface area contributed by atoms with Crippen molar-refractivity contribution in [2.45, 2.75) is 85.4 Å². The van der Waals surface area contributed by atoms with Crippen LogP contribution in [0.15, 0.2) is 225 Å². The third-order valence-electron chi connectivity index (χ3n) is 17.6. The molecule has 0 spiro atoms. The Morgan fingerprint density at radius 1 is 0.395 bits per heavy atom. The number of hydrogen-bond acceptors (Lipinski definition) is 2. The first-order chi connectivity index (χ1) is 42.6. The van der Waals surface area contributed by atoms with Crippen LogP contribution in [-0.2, 0) is 35.6 Å². The van der Waals surface area contributed by atoms with Crippen molar-refractivity contribution in [3.63, 3.8) is 0 Å². The van der Waals surface area contributed by atoms with E-state index in [0.717, 1.165) is 97.8 Å². The minimum atomic E-state index is -2.45. The molecule has 0 saturated carbocycles. The van der Waals surface area contributed by atoms with E-state index in [2.05, 4.69) is 300 Å². The molecule has 0 saturated heterocycles. The normalized spacial score (nSPS) is 13.3. The van der Waals surface area contributed by atoms with E-state index in [1.54, 1.807) is 12.3 Å². The van der Waals surface area contributed by atoms with Crippen molar-refractivity contribution in [1.82, 2.24) is 23.1 Å². The summed E-state index contributed by atoms with van der Waals surface area (Å²) in [5.74, 6) is 1.81. The van der Waals surface area contributed by atoms with Gasteiger partial charge in [-0.3, -0.25) is 0 Å². The molecule has 15 rings (SSSR count). The Labute approximate surface area is 517 Å². The van der Waals surface area contributed by atoms with Gasteiger partial charge in [-0.05, 0) is 35.0 Å². The summed E-state index contributed by atoms with van der Waals surface area (Å²) in [5, 5.41) is 6.74. The van der Waals surface area contributed by atoms with Crippen molar-refractivity contribution < 1.29 is 28.2 Å². The van der Waals surface area contributed by atoms with Crippen LogP contribution in [0.4, 0.5) is 0 Å². The molecule has 0 aliphatic rings. The summed E-state index contributed by atoms with van der Waals surface area (Å²) in [4.78, 5) is 5.23. The zero-order valence-electron chi connectivity index (χ0n) is 52.8. The molecule has 5 heterocycles. The van der Waals surface area contributed by atoms with Crippen LogP contribution in [0.1, 0.15) is 88.7 Å². The molecule has 0 fully saturated rings. The fourth-order valence-electron chi connectivity index (χ4n) is 13.1. The molecule has 0 aliphatic heterocycles. The molecule has 86 heavy (non-hydrogen) atoms. The maximum absolute atomic E-state index is 9.04. The third kappa shape index (κ3) is 8.70. The van der Waals surface area contributed by atoms with Crippen LogP contribution < -0.4 is 4.74 Å². The predicted molar refractivity (Wildman–Crippen MR) is 356 cm³/mol. The van der Waals surface area contributed by atoms with Gasteiger partial charge in [0.15, 0.2) is 0 Å². The van der Waals surface area contributed by atoms with Gasteiger partial charge in [-0.25, -0.2) is 0 Å². The zero-order valence-corrected chi connectivity index (χ0v) is 52.1. The summed E-state index contributed by atoms with van der Waals surface area (Å²) in [5.41, 5.74) is 18.6. The van der Waals surface area contributed by atoms with Crippen LogP contribution in [-0.4, -0.2) is 23.1 Å². The predicted octanol–water partition coefficient (Wildman–Crippen LogP) is 21.1. The Balaban J connectivity index is 0.938.